The van der Waals surface area contributed by atoms with Crippen LogP contribution in [0, 0.1) is 5.92 Å². The SMILES string of the molecule is CC1(F)CCN(c2ccc(NC(=O)c3n[nH]c4ccc(-c5cncc(NC(=O)C6CC6)c5)cc34)cn2)C1.CN(C)C(=O)Nc1cncc(-c2ccc3[nH]nc(C(=O)Nc4ccc(N5CCC(C)(F)C5)nc4)c3c2)c1.CN(C)Cc1cncc(-c2ccc3[nH]nc(C(=O)Nc4ccc(N5CCC(C)(F)C5)nc4)c3c2)c1. The number of H-pyrrole nitrogens is 3. The molecule has 9 aromatic heterocycles. The first-order chi connectivity index (χ1) is 52.3. The zero-order valence-electron chi connectivity index (χ0n) is 61.1. The summed E-state index contributed by atoms with van der Waals surface area (Å²) in [6.45, 7) is 8.36. The molecule has 12 heterocycles. The molecule has 1 aliphatic carbocycles. The van der Waals surface area contributed by atoms with Gasteiger partial charge in [0.1, 0.15) is 34.5 Å². The molecule has 3 atom stereocenters. The van der Waals surface area contributed by atoms with Gasteiger partial charge in [0.05, 0.1) is 95.6 Å². The highest BCUT2D eigenvalue weighted by Gasteiger charge is 2.37. The maximum Gasteiger partial charge on any atom is 0.321 e. The number of halogens is 3. The number of urea groups is 1. The van der Waals surface area contributed by atoms with E-state index in [2.05, 4.69) is 98.0 Å². The van der Waals surface area contributed by atoms with E-state index in [4.69, 9.17) is 0 Å². The molecule has 6 amide bonds. The molecule has 3 saturated heterocycles. The Morgan fingerprint density at radius 3 is 1.13 bits per heavy atom. The number of aromatic amines is 3. The van der Waals surface area contributed by atoms with Crippen molar-refractivity contribution in [2.75, 3.05) is 109 Å². The Morgan fingerprint density at radius 1 is 0.431 bits per heavy atom. The van der Waals surface area contributed by atoms with Gasteiger partial charge in [0, 0.05) is 123 Å². The number of benzene rings is 3. The van der Waals surface area contributed by atoms with Crippen LogP contribution in [0.15, 0.2) is 165 Å². The molecule has 16 rings (SSSR count). The van der Waals surface area contributed by atoms with Gasteiger partial charge in [-0.05, 0) is 161 Å². The monoisotopic (exact) mass is 1470 g/mol. The lowest BCUT2D eigenvalue weighted by Gasteiger charge is -2.18. The van der Waals surface area contributed by atoms with Gasteiger partial charge in [-0.25, -0.2) is 32.9 Å². The van der Waals surface area contributed by atoms with Gasteiger partial charge >= 0.3 is 6.03 Å². The van der Waals surface area contributed by atoms with E-state index < -0.39 is 17.0 Å². The maximum atomic E-state index is 14.2. The van der Waals surface area contributed by atoms with Crippen LogP contribution < -0.4 is 41.3 Å². The fraction of sp³-hybridized carbons (Fsp3) is 0.291. The van der Waals surface area contributed by atoms with Crippen molar-refractivity contribution < 1.29 is 37.1 Å². The molecule has 3 aliphatic heterocycles. The fourth-order valence-electron chi connectivity index (χ4n) is 13.2. The van der Waals surface area contributed by atoms with Crippen molar-refractivity contribution in [1.29, 1.82) is 0 Å². The highest BCUT2D eigenvalue weighted by atomic mass is 19.2. The number of rotatable bonds is 17. The van der Waals surface area contributed by atoms with Gasteiger partial charge in [0.2, 0.25) is 5.91 Å². The Labute approximate surface area is 625 Å². The number of aromatic nitrogens is 12. The lowest BCUT2D eigenvalue weighted by molar-refractivity contribution is -0.117. The first-order valence-corrected chi connectivity index (χ1v) is 35.7. The van der Waals surface area contributed by atoms with Crippen LogP contribution in [-0.4, -0.2) is 184 Å². The zero-order valence-corrected chi connectivity index (χ0v) is 61.1. The van der Waals surface area contributed by atoms with Crippen LogP contribution in [0.5, 0.6) is 0 Å². The smallest absolute Gasteiger partial charge is 0.321 e. The van der Waals surface area contributed by atoms with Gasteiger partial charge in [-0.15, -0.1) is 0 Å². The average Bonchev–Trinajstić information content (AvgIpc) is 1.69. The zero-order chi connectivity index (χ0) is 76.3. The second kappa shape index (κ2) is 30.6. The summed E-state index contributed by atoms with van der Waals surface area (Å²) >= 11 is 0. The summed E-state index contributed by atoms with van der Waals surface area (Å²) in [6.07, 6.45) is 18.3. The summed E-state index contributed by atoms with van der Waals surface area (Å²) in [4.78, 5) is 98.6. The molecule has 558 valence electrons. The van der Waals surface area contributed by atoms with Crippen molar-refractivity contribution in [3.63, 3.8) is 0 Å². The van der Waals surface area contributed by atoms with E-state index in [9.17, 15) is 37.1 Å². The van der Waals surface area contributed by atoms with Crippen molar-refractivity contribution in [3.05, 3.63) is 188 Å². The van der Waals surface area contributed by atoms with E-state index in [1.165, 1.54) is 4.90 Å². The van der Waals surface area contributed by atoms with E-state index in [0.717, 1.165) is 74.8 Å². The average molecular weight is 1480 g/mol. The predicted molar refractivity (Wildman–Crippen MR) is 415 cm³/mol. The molecule has 30 heteroatoms. The lowest BCUT2D eigenvalue weighted by atomic mass is 10.0. The minimum atomic E-state index is -1.22. The van der Waals surface area contributed by atoms with Crippen molar-refractivity contribution >= 4 is 108 Å². The summed E-state index contributed by atoms with van der Waals surface area (Å²) in [5, 5.41) is 37.7. The van der Waals surface area contributed by atoms with Crippen LogP contribution >= 0.6 is 0 Å². The van der Waals surface area contributed by atoms with E-state index >= 15 is 0 Å². The molecule has 1 saturated carbocycles. The van der Waals surface area contributed by atoms with Crippen molar-refractivity contribution in [2.24, 2.45) is 5.92 Å². The Kier molecular flexibility index (Phi) is 20.6. The number of hydrogen-bond donors (Lipinski definition) is 8. The molecule has 4 aliphatic rings. The van der Waals surface area contributed by atoms with Crippen LogP contribution in [0.2, 0.25) is 0 Å². The number of pyridine rings is 6. The third kappa shape index (κ3) is 17.6. The Bertz CT molecular complexity index is 5150. The number of alkyl halides is 3. The van der Waals surface area contributed by atoms with Crippen molar-refractivity contribution in [2.45, 2.75) is 76.4 Å². The van der Waals surface area contributed by atoms with Crippen LogP contribution in [0.3, 0.4) is 0 Å². The molecule has 0 spiro atoms. The third-order valence-corrected chi connectivity index (χ3v) is 19.2. The van der Waals surface area contributed by atoms with Gasteiger partial charge in [-0.3, -0.25) is 49.4 Å². The van der Waals surface area contributed by atoms with E-state index in [1.807, 2.05) is 108 Å². The number of carbonyl (C=O) groups is 5. The summed E-state index contributed by atoms with van der Waals surface area (Å²) in [5.41, 5.74) is 8.42. The minimum Gasteiger partial charge on any atom is -0.353 e. The number of nitrogens with one attached hydrogen (secondary N) is 8. The Balaban J connectivity index is 0.000000137. The summed E-state index contributed by atoms with van der Waals surface area (Å²) in [6, 6.07) is 33.2. The highest BCUT2D eigenvalue weighted by molar-refractivity contribution is 6.14. The molecule has 3 aromatic carbocycles. The molecule has 12 aromatic rings. The van der Waals surface area contributed by atoms with E-state index in [-0.39, 0.29) is 47.0 Å². The number of amides is 6. The van der Waals surface area contributed by atoms with Crippen molar-refractivity contribution in [3.8, 4) is 33.4 Å². The van der Waals surface area contributed by atoms with E-state index in [0.29, 0.717) is 126 Å². The predicted octanol–water partition coefficient (Wildman–Crippen LogP) is 13.1. The van der Waals surface area contributed by atoms with Crippen LogP contribution in [0.25, 0.3) is 66.1 Å². The highest BCUT2D eigenvalue weighted by Crippen LogP contribution is 2.36. The first-order valence-electron chi connectivity index (χ1n) is 35.7. The summed E-state index contributed by atoms with van der Waals surface area (Å²) in [7, 11) is 7.35. The van der Waals surface area contributed by atoms with Gasteiger partial charge in [0.25, 0.3) is 17.7 Å². The van der Waals surface area contributed by atoms with Crippen LogP contribution in [0.1, 0.15) is 89.9 Å². The lowest BCUT2D eigenvalue weighted by Crippen LogP contribution is -2.27. The molecular weight excluding hydrogens is 1390 g/mol. The quantitative estimate of drug-likeness (QED) is 0.0420. The minimum absolute atomic E-state index is 0.0204. The van der Waals surface area contributed by atoms with Crippen LogP contribution in [0.4, 0.5) is 63.9 Å². The number of anilines is 8. The molecule has 0 bridgehead atoms. The van der Waals surface area contributed by atoms with Gasteiger partial charge in [-0.1, -0.05) is 18.2 Å². The second-order valence-corrected chi connectivity index (χ2v) is 29.2. The topological polar surface area (TPSA) is 325 Å². The van der Waals surface area contributed by atoms with Gasteiger partial charge < -0.3 is 51.1 Å². The molecule has 3 unspecified atom stereocenters. The largest absolute Gasteiger partial charge is 0.353 e. The maximum absolute atomic E-state index is 14.2. The molecule has 4 fully saturated rings. The normalized spacial score (nSPS) is 18.1. The first kappa shape index (κ1) is 73.2. The second-order valence-electron chi connectivity index (χ2n) is 29.2. The Morgan fingerprint density at radius 2 is 0.798 bits per heavy atom. The molecule has 8 N–H and O–H groups in total. The van der Waals surface area contributed by atoms with Crippen LogP contribution in [-0.2, 0) is 11.3 Å². The number of hydrogen-bond acceptors (Lipinski definition) is 18. The number of carbonyl (C=O) groups excluding carboxylic acids is 5. The molecule has 27 nitrogen and oxygen atoms in total. The summed E-state index contributed by atoms with van der Waals surface area (Å²) < 4.78 is 42.5. The number of fused-ring (bicyclic) bond motifs is 3. The number of nitrogens with zero attached hydrogens (tertiary/aromatic N) is 14. The molecular formula is C79H81F3N22O5. The van der Waals surface area contributed by atoms with Crippen molar-refractivity contribution in [1.82, 2.24) is 70.3 Å². The fourth-order valence-corrected chi connectivity index (χ4v) is 13.2. The summed E-state index contributed by atoms with van der Waals surface area (Å²) in [5.74, 6) is 1.07. The van der Waals surface area contributed by atoms with E-state index in [1.54, 1.807) is 115 Å². The molecule has 109 heavy (non-hydrogen) atoms. The molecule has 0 radical (unpaired) electrons. The van der Waals surface area contributed by atoms with Gasteiger partial charge in [-0.2, -0.15) is 15.3 Å². The third-order valence-electron chi connectivity index (χ3n) is 19.2. The Hall–Kier alpha value is -12.7. The van der Waals surface area contributed by atoms with Gasteiger partial charge in [0.15, 0.2) is 17.1 Å². The standard InChI is InChI=1S/C27H26FN7O2.C26H27FN8O2.C26H28FN7O/c1-27(28)8-9-35(15-27)23-7-5-19(14-30-23)31-26(37)24-21-11-17(4-6-22(21)33-34-24)18-10-20(13-29-12-18)32-25(36)16-2-3-16;1-26(27)8-9-35(15-26)22-7-5-18(14-29-22)30-24(36)23-20-11-16(4-6-21(20)32-33-23)17-10-19(13-28-12-17)31-25(37)34(2)3;1-26(27)8-9-34(16-26)23-7-5-20(14-29-23)30-25(35)24-21-11-18(4-6-22(21)31-32-24)19-10-17(12-28-13-19)15-33(2)3/h4-7,10-14,16H,2-3,8-9,15H2,1H3,(H,31,37)(H,32,36)(H,33,34);4-7,10-14H,8-9,15H2,1-3H3,(H,30,36)(H,31,37)(H,32,33);4-7,10-14H,8-9,15-16H2,1-3H3,(H,30,35)(H,31,32).